The molecule has 0 unspecified atom stereocenters. The highest BCUT2D eigenvalue weighted by atomic mass is 16.3. The number of aryl methyl sites for hydroxylation is 1. The van der Waals surface area contributed by atoms with E-state index in [4.69, 9.17) is 4.98 Å². The molecule has 120 valence electrons. The van der Waals surface area contributed by atoms with Gasteiger partial charge in [0.05, 0.1) is 5.56 Å². The topological polar surface area (TPSA) is 52.5 Å². The summed E-state index contributed by atoms with van der Waals surface area (Å²) in [5, 5.41) is 10.1. The lowest BCUT2D eigenvalue weighted by atomic mass is 10.1. The van der Waals surface area contributed by atoms with Gasteiger partial charge in [-0.15, -0.1) is 0 Å². The van der Waals surface area contributed by atoms with Crippen molar-refractivity contribution in [1.29, 1.82) is 0 Å². The number of fused-ring (bicyclic) bond motifs is 1. The van der Waals surface area contributed by atoms with Crippen LogP contribution >= 0.6 is 0 Å². The average Bonchev–Trinajstić information content (AvgIpc) is 3.02. The quantitative estimate of drug-likeness (QED) is 0.923. The highest BCUT2D eigenvalue weighted by Crippen LogP contribution is 2.29. The number of anilines is 1. The van der Waals surface area contributed by atoms with Gasteiger partial charge in [0.25, 0.3) is 0 Å². The highest BCUT2D eigenvalue weighted by molar-refractivity contribution is 5.65. The van der Waals surface area contributed by atoms with Crippen molar-refractivity contribution in [3.63, 3.8) is 0 Å². The van der Waals surface area contributed by atoms with Crippen molar-refractivity contribution in [2.45, 2.75) is 25.8 Å². The van der Waals surface area contributed by atoms with E-state index in [1.54, 1.807) is 6.07 Å². The Morgan fingerprint density at radius 1 is 1.13 bits per heavy atom. The Morgan fingerprint density at radius 2 is 2.00 bits per heavy atom. The summed E-state index contributed by atoms with van der Waals surface area (Å²) in [7, 11) is 0. The maximum atomic E-state index is 10.1. The summed E-state index contributed by atoms with van der Waals surface area (Å²) in [6, 6.07) is 9.97. The first-order chi connectivity index (χ1) is 11.2. The lowest BCUT2D eigenvalue weighted by molar-refractivity contribution is 0.230. The predicted octanol–water partition coefficient (Wildman–Crippen LogP) is 2.44. The molecule has 5 heteroatoms. The number of aromatic nitrogens is 2. The summed E-state index contributed by atoms with van der Waals surface area (Å²) < 4.78 is 0. The van der Waals surface area contributed by atoms with E-state index in [0.717, 1.165) is 31.1 Å². The molecule has 1 N–H and O–H groups in total. The van der Waals surface area contributed by atoms with Crippen molar-refractivity contribution in [2.24, 2.45) is 0 Å². The Bertz CT molecular complexity index is 718. The normalized spacial score (nSPS) is 21.4. The molecule has 0 aliphatic carbocycles. The average molecular weight is 310 g/mol. The van der Waals surface area contributed by atoms with Gasteiger partial charge in [0.1, 0.15) is 11.6 Å². The minimum absolute atomic E-state index is 0.227. The van der Waals surface area contributed by atoms with Gasteiger partial charge < -0.3 is 10.0 Å². The van der Waals surface area contributed by atoms with Crippen molar-refractivity contribution in [2.75, 3.05) is 31.1 Å². The molecule has 23 heavy (non-hydrogen) atoms. The molecule has 1 atom stereocenters. The van der Waals surface area contributed by atoms with Crippen molar-refractivity contribution >= 4 is 5.82 Å². The van der Waals surface area contributed by atoms with E-state index < -0.39 is 0 Å². The zero-order valence-electron chi connectivity index (χ0n) is 13.4. The van der Waals surface area contributed by atoms with Crippen LogP contribution in [-0.2, 0) is 0 Å². The van der Waals surface area contributed by atoms with Crippen LogP contribution in [0, 0.1) is 6.92 Å². The van der Waals surface area contributed by atoms with Gasteiger partial charge in [-0.1, -0.05) is 12.1 Å². The summed E-state index contributed by atoms with van der Waals surface area (Å²) in [4.78, 5) is 14.2. The van der Waals surface area contributed by atoms with Gasteiger partial charge in [-0.2, -0.15) is 0 Å². The summed E-state index contributed by atoms with van der Waals surface area (Å²) in [5.41, 5.74) is 1.62. The molecule has 2 aromatic rings. The maximum absolute atomic E-state index is 10.1. The standard InChI is InChI=1S/C18H22N4O/c1-13-11-17(22-10-9-21-8-4-5-14(21)12-22)20-18(19-13)15-6-2-3-7-16(15)23/h2-3,6-7,11,14,23H,4-5,8-10,12H2,1H3/t14-/m1/s1. The molecule has 3 heterocycles. The lowest BCUT2D eigenvalue weighted by Gasteiger charge is -2.38. The molecule has 1 aromatic heterocycles. The number of phenolic OH excluding ortho intramolecular Hbond substituents is 1. The second-order valence-electron chi connectivity index (χ2n) is 6.49. The van der Waals surface area contributed by atoms with Crippen LogP contribution in [0.5, 0.6) is 5.75 Å². The van der Waals surface area contributed by atoms with Crippen LogP contribution in [0.4, 0.5) is 5.82 Å². The van der Waals surface area contributed by atoms with E-state index in [9.17, 15) is 5.11 Å². The van der Waals surface area contributed by atoms with Crippen molar-refractivity contribution < 1.29 is 5.11 Å². The van der Waals surface area contributed by atoms with E-state index in [2.05, 4.69) is 14.8 Å². The molecule has 4 rings (SSSR count). The molecular formula is C18H22N4O. The first kappa shape index (κ1) is 14.5. The first-order valence-corrected chi connectivity index (χ1v) is 8.34. The molecule has 5 nitrogen and oxygen atoms in total. The van der Waals surface area contributed by atoms with Crippen LogP contribution in [0.25, 0.3) is 11.4 Å². The molecule has 1 aromatic carbocycles. The fourth-order valence-electron chi connectivity index (χ4n) is 3.70. The van der Waals surface area contributed by atoms with Crippen LogP contribution in [0.3, 0.4) is 0 Å². The monoisotopic (exact) mass is 310 g/mol. The molecule has 2 fully saturated rings. The maximum Gasteiger partial charge on any atom is 0.165 e. The van der Waals surface area contributed by atoms with Crippen LogP contribution in [-0.4, -0.2) is 52.2 Å². The second kappa shape index (κ2) is 5.81. The second-order valence-corrected chi connectivity index (χ2v) is 6.49. The van der Waals surface area contributed by atoms with E-state index in [1.165, 1.54) is 19.4 Å². The van der Waals surface area contributed by atoms with E-state index in [1.807, 2.05) is 31.2 Å². The highest BCUT2D eigenvalue weighted by Gasteiger charge is 2.31. The smallest absolute Gasteiger partial charge is 0.165 e. The zero-order valence-corrected chi connectivity index (χ0v) is 13.4. The number of benzene rings is 1. The van der Waals surface area contributed by atoms with Gasteiger partial charge in [0.15, 0.2) is 5.82 Å². The lowest BCUT2D eigenvalue weighted by Crippen LogP contribution is -2.50. The number of rotatable bonds is 2. The number of nitrogens with zero attached hydrogens (tertiary/aromatic N) is 4. The van der Waals surface area contributed by atoms with E-state index in [-0.39, 0.29) is 5.75 Å². The predicted molar refractivity (Wildman–Crippen MR) is 90.7 cm³/mol. The third-order valence-electron chi connectivity index (χ3n) is 4.90. The largest absolute Gasteiger partial charge is 0.507 e. The first-order valence-electron chi connectivity index (χ1n) is 8.34. The van der Waals surface area contributed by atoms with Gasteiger partial charge in [0.2, 0.25) is 0 Å². The molecule has 0 bridgehead atoms. The van der Waals surface area contributed by atoms with Gasteiger partial charge in [-0.3, -0.25) is 4.90 Å². The van der Waals surface area contributed by atoms with Gasteiger partial charge in [0, 0.05) is 37.4 Å². The number of hydrogen-bond acceptors (Lipinski definition) is 5. The third kappa shape index (κ3) is 2.77. The van der Waals surface area contributed by atoms with Crippen molar-refractivity contribution in [3.8, 4) is 17.1 Å². The number of phenols is 1. The Balaban J connectivity index is 1.66. The number of hydrogen-bond donors (Lipinski definition) is 1. The Kier molecular flexibility index (Phi) is 3.65. The van der Waals surface area contributed by atoms with Crippen LogP contribution < -0.4 is 4.90 Å². The Labute approximate surface area is 136 Å². The van der Waals surface area contributed by atoms with Crippen LogP contribution in [0.2, 0.25) is 0 Å². The molecule has 0 saturated carbocycles. The molecule has 0 amide bonds. The Hall–Kier alpha value is -2.14. The summed E-state index contributed by atoms with van der Waals surface area (Å²) in [6.07, 6.45) is 2.59. The van der Waals surface area contributed by atoms with E-state index in [0.29, 0.717) is 17.4 Å². The summed E-state index contributed by atoms with van der Waals surface area (Å²) in [5.74, 6) is 1.80. The summed E-state index contributed by atoms with van der Waals surface area (Å²) >= 11 is 0. The van der Waals surface area contributed by atoms with Crippen LogP contribution in [0.15, 0.2) is 30.3 Å². The third-order valence-corrected chi connectivity index (χ3v) is 4.90. The fraction of sp³-hybridized carbons (Fsp3) is 0.444. The molecule has 2 aliphatic heterocycles. The van der Waals surface area contributed by atoms with Gasteiger partial charge >= 0.3 is 0 Å². The van der Waals surface area contributed by atoms with Gasteiger partial charge in [-0.05, 0) is 38.4 Å². The van der Waals surface area contributed by atoms with Crippen LogP contribution in [0.1, 0.15) is 18.5 Å². The minimum Gasteiger partial charge on any atom is -0.507 e. The SMILES string of the molecule is Cc1cc(N2CCN3CCC[C@@H]3C2)nc(-c2ccccc2O)n1. The summed E-state index contributed by atoms with van der Waals surface area (Å²) in [6.45, 7) is 6.38. The number of para-hydroxylation sites is 1. The van der Waals surface area contributed by atoms with Crippen molar-refractivity contribution in [1.82, 2.24) is 14.9 Å². The molecular weight excluding hydrogens is 288 g/mol. The molecule has 2 saturated heterocycles. The van der Waals surface area contributed by atoms with Crippen molar-refractivity contribution in [3.05, 3.63) is 36.0 Å². The number of aromatic hydroxyl groups is 1. The minimum atomic E-state index is 0.227. The molecule has 0 radical (unpaired) electrons. The fourth-order valence-corrected chi connectivity index (χ4v) is 3.70. The Morgan fingerprint density at radius 3 is 2.87 bits per heavy atom. The number of piperazine rings is 1. The molecule has 0 spiro atoms. The van der Waals surface area contributed by atoms with E-state index >= 15 is 0 Å². The zero-order chi connectivity index (χ0) is 15.8. The van der Waals surface area contributed by atoms with Gasteiger partial charge in [-0.25, -0.2) is 9.97 Å². The molecule has 2 aliphatic rings.